The van der Waals surface area contributed by atoms with E-state index < -0.39 is 10.1 Å². The first-order valence-electron chi connectivity index (χ1n) is 9.95. The van der Waals surface area contributed by atoms with Gasteiger partial charge in [0.25, 0.3) is 0 Å². The second-order valence-electron chi connectivity index (χ2n) is 7.12. The molecule has 0 N–H and O–H groups in total. The number of hydrogen-bond donors (Lipinski definition) is 0. The fraction of sp³-hybridized carbons (Fsp3) is 0.160. The SMILES string of the molecule is COc1ccc(/C(C#N)=C/c2cc(Br)c(OS(=O)(=O)c3ccc(C)cc3)c(OC)c2)cc1OC. The van der Waals surface area contributed by atoms with Gasteiger partial charge in [0.2, 0.25) is 0 Å². The summed E-state index contributed by atoms with van der Waals surface area (Å²) in [6, 6.07) is 16.9. The molecule has 0 amide bonds. The van der Waals surface area contributed by atoms with Crippen LogP contribution in [0.4, 0.5) is 0 Å². The number of nitriles is 1. The monoisotopic (exact) mass is 543 g/mol. The Kier molecular flexibility index (Phi) is 7.87. The van der Waals surface area contributed by atoms with Gasteiger partial charge >= 0.3 is 10.1 Å². The van der Waals surface area contributed by atoms with E-state index in [1.54, 1.807) is 48.5 Å². The smallest absolute Gasteiger partial charge is 0.339 e. The van der Waals surface area contributed by atoms with Gasteiger partial charge in [0, 0.05) is 0 Å². The number of nitrogens with zero attached hydrogens (tertiary/aromatic N) is 1. The van der Waals surface area contributed by atoms with Crippen LogP contribution >= 0.6 is 15.9 Å². The van der Waals surface area contributed by atoms with E-state index in [1.807, 2.05) is 6.92 Å². The van der Waals surface area contributed by atoms with Gasteiger partial charge in [0.05, 0.1) is 37.4 Å². The fourth-order valence-electron chi connectivity index (χ4n) is 3.12. The Hall–Kier alpha value is -3.48. The number of rotatable bonds is 8. The van der Waals surface area contributed by atoms with E-state index >= 15 is 0 Å². The van der Waals surface area contributed by atoms with E-state index in [0.29, 0.717) is 32.7 Å². The summed E-state index contributed by atoms with van der Waals surface area (Å²) in [5.41, 5.74) is 2.50. The maximum absolute atomic E-state index is 12.8. The van der Waals surface area contributed by atoms with Gasteiger partial charge in [-0.2, -0.15) is 13.7 Å². The van der Waals surface area contributed by atoms with Gasteiger partial charge < -0.3 is 18.4 Å². The van der Waals surface area contributed by atoms with Crippen LogP contribution in [-0.2, 0) is 10.1 Å². The lowest BCUT2D eigenvalue weighted by molar-refractivity contribution is 0.355. The third-order valence-corrected chi connectivity index (χ3v) is 6.71. The van der Waals surface area contributed by atoms with Crippen molar-refractivity contribution in [2.75, 3.05) is 21.3 Å². The first kappa shape index (κ1) is 25.1. The van der Waals surface area contributed by atoms with E-state index in [0.717, 1.165) is 5.56 Å². The van der Waals surface area contributed by atoms with Gasteiger partial charge in [-0.15, -0.1) is 0 Å². The highest BCUT2D eigenvalue weighted by molar-refractivity contribution is 9.10. The van der Waals surface area contributed by atoms with Crippen LogP contribution in [0.25, 0.3) is 11.6 Å². The molecule has 3 aromatic rings. The molecule has 0 radical (unpaired) electrons. The molecule has 0 saturated heterocycles. The topological polar surface area (TPSA) is 94.9 Å². The molecule has 0 heterocycles. The lowest BCUT2D eigenvalue weighted by atomic mass is 10.0. The zero-order valence-corrected chi connectivity index (χ0v) is 21.4. The maximum Gasteiger partial charge on any atom is 0.339 e. The summed E-state index contributed by atoms with van der Waals surface area (Å²) < 4.78 is 47.2. The standard InChI is InChI=1S/C25H22BrNO6S/c1-16-5-8-20(9-6-16)34(28,29)33-25-21(26)12-17(13-24(25)32-4)11-19(15-27)18-7-10-22(30-2)23(14-18)31-3/h5-14H,1-4H3/b19-11+. The van der Waals surface area contributed by atoms with Crippen molar-refractivity contribution in [3.8, 4) is 29.1 Å². The summed E-state index contributed by atoms with van der Waals surface area (Å²) in [5, 5.41) is 9.74. The average Bonchev–Trinajstić information content (AvgIpc) is 2.83. The van der Waals surface area contributed by atoms with Crippen molar-refractivity contribution < 1.29 is 26.8 Å². The van der Waals surface area contributed by atoms with E-state index in [9.17, 15) is 13.7 Å². The molecule has 0 aliphatic rings. The number of aryl methyl sites for hydroxylation is 1. The van der Waals surface area contributed by atoms with Gasteiger partial charge in [-0.1, -0.05) is 17.7 Å². The van der Waals surface area contributed by atoms with Crippen LogP contribution in [0.15, 0.2) is 64.0 Å². The van der Waals surface area contributed by atoms with Crippen LogP contribution in [0, 0.1) is 18.3 Å². The zero-order chi connectivity index (χ0) is 24.9. The number of ether oxygens (including phenoxy) is 3. The molecule has 0 aromatic heterocycles. The summed E-state index contributed by atoms with van der Waals surface area (Å²) in [7, 11) is 0.366. The van der Waals surface area contributed by atoms with Crippen LogP contribution in [0.1, 0.15) is 16.7 Å². The highest BCUT2D eigenvalue weighted by Crippen LogP contribution is 2.39. The Morgan fingerprint density at radius 3 is 2.15 bits per heavy atom. The second kappa shape index (κ2) is 10.6. The lowest BCUT2D eigenvalue weighted by Gasteiger charge is -2.14. The molecule has 0 spiro atoms. The Labute approximate surface area is 207 Å². The minimum absolute atomic E-state index is 0.00449. The number of allylic oxidation sites excluding steroid dienone is 1. The molecule has 0 saturated carbocycles. The van der Waals surface area contributed by atoms with Crippen LogP contribution in [0.2, 0.25) is 0 Å². The number of methoxy groups -OCH3 is 3. The fourth-order valence-corrected chi connectivity index (χ4v) is 4.72. The van der Waals surface area contributed by atoms with Crippen LogP contribution in [0.3, 0.4) is 0 Å². The predicted octanol–water partition coefficient (Wildman–Crippen LogP) is 5.62. The molecule has 3 aromatic carbocycles. The van der Waals surface area contributed by atoms with Gasteiger partial charge in [-0.25, -0.2) is 0 Å². The molecule has 0 unspecified atom stereocenters. The van der Waals surface area contributed by atoms with E-state index in [4.69, 9.17) is 18.4 Å². The Bertz CT molecular complexity index is 1380. The normalized spacial score (nSPS) is 11.5. The number of hydrogen-bond acceptors (Lipinski definition) is 7. The summed E-state index contributed by atoms with van der Waals surface area (Å²) in [6.07, 6.45) is 1.65. The average molecular weight is 544 g/mol. The highest BCUT2D eigenvalue weighted by Gasteiger charge is 2.22. The minimum Gasteiger partial charge on any atom is -0.493 e. The lowest BCUT2D eigenvalue weighted by Crippen LogP contribution is -2.11. The molecule has 0 aliphatic heterocycles. The van der Waals surface area contributed by atoms with Crippen molar-refractivity contribution in [2.45, 2.75) is 11.8 Å². The van der Waals surface area contributed by atoms with Gasteiger partial charge in [-0.05, 0) is 82.5 Å². The molecule has 7 nitrogen and oxygen atoms in total. The summed E-state index contributed by atoms with van der Waals surface area (Å²) in [5.74, 6) is 1.22. The largest absolute Gasteiger partial charge is 0.493 e. The van der Waals surface area contributed by atoms with Crippen molar-refractivity contribution in [2.24, 2.45) is 0 Å². The van der Waals surface area contributed by atoms with Crippen molar-refractivity contribution in [3.63, 3.8) is 0 Å². The Morgan fingerprint density at radius 1 is 0.912 bits per heavy atom. The zero-order valence-electron chi connectivity index (χ0n) is 19.0. The summed E-state index contributed by atoms with van der Waals surface area (Å²) >= 11 is 3.37. The third kappa shape index (κ3) is 5.53. The van der Waals surface area contributed by atoms with Gasteiger partial charge in [0.1, 0.15) is 4.90 Å². The summed E-state index contributed by atoms with van der Waals surface area (Å²) in [6.45, 7) is 1.86. The molecule has 9 heteroatoms. The van der Waals surface area contributed by atoms with Crippen molar-refractivity contribution in [3.05, 3.63) is 75.8 Å². The van der Waals surface area contributed by atoms with Crippen molar-refractivity contribution in [1.82, 2.24) is 0 Å². The first-order chi connectivity index (χ1) is 16.2. The molecule has 0 fully saturated rings. The van der Waals surface area contributed by atoms with E-state index in [-0.39, 0.29) is 16.4 Å². The molecule has 0 aliphatic carbocycles. The number of benzene rings is 3. The molecular weight excluding hydrogens is 522 g/mol. The summed E-state index contributed by atoms with van der Waals surface area (Å²) in [4.78, 5) is 0.0243. The Balaban J connectivity index is 2.00. The highest BCUT2D eigenvalue weighted by atomic mass is 79.9. The van der Waals surface area contributed by atoms with Crippen LogP contribution in [-0.4, -0.2) is 29.7 Å². The third-order valence-electron chi connectivity index (χ3n) is 4.88. The van der Waals surface area contributed by atoms with Gasteiger partial charge in [-0.3, -0.25) is 0 Å². The Morgan fingerprint density at radius 2 is 1.56 bits per heavy atom. The van der Waals surface area contributed by atoms with Gasteiger partial charge in [0.15, 0.2) is 23.0 Å². The first-order valence-corrected chi connectivity index (χ1v) is 12.2. The van der Waals surface area contributed by atoms with Crippen molar-refractivity contribution in [1.29, 1.82) is 5.26 Å². The van der Waals surface area contributed by atoms with Crippen LogP contribution in [0.5, 0.6) is 23.0 Å². The molecule has 34 heavy (non-hydrogen) atoms. The van der Waals surface area contributed by atoms with E-state index in [2.05, 4.69) is 22.0 Å². The molecule has 3 rings (SSSR count). The second-order valence-corrected chi connectivity index (χ2v) is 9.52. The van der Waals surface area contributed by atoms with E-state index in [1.165, 1.54) is 33.5 Å². The molecule has 176 valence electrons. The molecular formula is C25H22BrNO6S. The quantitative estimate of drug-likeness (QED) is 0.207. The van der Waals surface area contributed by atoms with Crippen molar-refractivity contribution >= 4 is 37.7 Å². The maximum atomic E-state index is 12.8. The predicted molar refractivity (Wildman–Crippen MR) is 133 cm³/mol. The van der Waals surface area contributed by atoms with Crippen LogP contribution < -0.4 is 18.4 Å². The number of halogens is 1. The molecule has 0 atom stereocenters. The molecule has 0 bridgehead atoms. The minimum atomic E-state index is -4.09.